The number of hydrogen-bond acceptors (Lipinski definition) is 4. The van der Waals surface area contributed by atoms with Gasteiger partial charge in [-0.1, -0.05) is 29.3 Å². The molecular weight excluding hydrogens is 311 g/mol. The number of carbonyl (C=O) groups is 1. The fraction of sp³-hybridized carbons (Fsp3) is 0.214. The van der Waals surface area contributed by atoms with Crippen LogP contribution in [0, 0.1) is 0 Å². The summed E-state index contributed by atoms with van der Waals surface area (Å²) in [5, 5.41) is 6.41. The number of halogens is 2. The van der Waals surface area contributed by atoms with Gasteiger partial charge in [-0.25, -0.2) is 9.97 Å². The normalized spacial score (nSPS) is 10.5. The molecule has 0 aliphatic rings. The first-order valence-electron chi connectivity index (χ1n) is 6.31. The number of aromatic nitrogens is 2. The minimum absolute atomic E-state index is 0.195. The quantitative estimate of drug-likeness (QED) is 0.896. The Kier molecular flexibility index (Phi) is 4.98. The lowest BCUT2D eigenvalue weighted by Gasteiger charge is -2.09. The van der Waals surface area contributed by atoms with E-state index in [1.807, 2.05) is 13.8 Å². The van der Waals surface area contributed by atoms with E-state index in [4.69, 9.17) is 23.2 Å². The van der Waals surface area contributed by atoms with Gasteiger partial charge in [0.15, 0.2) is 0 Å². The zero-order valence-corrected chi connectivity index (χ0v) is 13.0. The third kappa shape index (κ3) is 4.06. The summed E-state index contributed by atoms with van der Waals surface area (Å²) in [6.45, 7) is 3.98. The molecule has 7 heteroatoms. The van der Waals surface area contributed by atoms with E-state index in [2.05, 4.69) is 20.6 Å². The average molecular weight is 325 g/mol. The molecule has 0 spiro atoms. The summed E-state index contributed by atoms with van der Waals surface area (Å²) in [7, 11) is 0. The van der Waals surface area contributed by atoms with Crippen molar-refractivity contribution < 1.29 is 4.79 Å². The highest BCUT2D eigenvalue weighted by Crippen LogP contribution is 2.29. The number of hydrogen-bond donors (Lipinski definition) is 2. The van der Waals surface area contributed by atoms with Gasteiger partial charge >= 0.3 is 0 Å². The van der Waals surface area contributed by atoms with E-state index in [1.54, 1.807) is 18.2 Å². The Labute approximate surface area is 132 Å². The molecule has 1 aromatic carbocycles. The highest BCUT2D eigenvalue weighted by atomic mass is 35.5. The summed E-state index contributed by atoms with van der Waals surface area (Å²) >= 11 is 11.9. The topological polar surface area (TPSA) is 66.9 Å². The van der Waals surface area contributed by atoms with Crippen molar-refractivity contribution in [3.05, 3.63) is 46.3 Å². The fourth-order valence-electron chi connectivity index (χ4n) is 1.60. The van der Waals surface area contributed by atoms with Gasteiger partial charge in [0.2, 0.25) is 0 Å². The molecule has 1 aromatic heterocycles. The Morgan fingerprint density at radius 2 is 1.95 bits per heavy atom. The Bertz CT molecular complexity index is 644. The molecule has 21 heavy (non-hydrogen) atoms. The molecule has 0 aliphatic heterocycles. The number of anilines is 2. The molecule has 0 fully saturated rings. The molecule has 110 valence electrons. The van der Waals surface area contributed by atoms with Gasteiger partial charge in [0.1, 0.15) is 11.5 Å². The van der Waals surface area contributed by atoms with Gasteiger partial charge in [-0.15, -0.1) is 0 Å². The second kappa shape index (κ2) is 6.74. The number of nitrogens with zero attached hydrogens (tertiary/aromatic N) is 2. The lowest BCUT2D eigenvalue weighted by molar-refractivity contribution is 0.102. The summed E-state index contributed by atoms with van der Waals surface area (Å²) < 4.78 is 0. The molecule has 1 heterocycles. The van der Waals surface area contributed by atoms with Crippen molar-refractivity contribution in [1.82, 2.24) is 9.97 Å². The third-order valence-corrected chi connectivity index (χ3v) is 3.34. The van der Waals surface area contributed by atoms with Crippen LogP contribution in [0.3, 0.4) is 0 Å². The first kappa shape index (κ1) is 15.5. The van der Waals surface area contributed by atoms with Crippen molar-refractivity contribution in [2.45, 2.75) is 19.9 Å². The molecule has 0 atom stereocenters. The Balaban J connectivity index is 2.11. The van der Waals surface area contributed by atoms with E-state index in [1.165, 1.54) is 12.4 Å². The maximum Gasteiger partial charge on any atom is 0.275 e. The lowest BCUT2D eigenvalue weighted by atomic mass is 10.3. The molecule has 0 bridgehead atoms. The first-order chi connectivity index (χ1) is 9.97. The van der Waals surface area contributed by atoms with Crippen LogP contribution in [-0.2, 0) is 0 Å². The zero-order valence-electron chi connectivity index (χ0n) is 11.5. The van der Waals surface area contributed by atoms with Crippen LogP contribution in [-0.4, -0.2) is 21.9 Å². The predicted octanol–water partition coefficient (Wildman–Crippen LogP) is 3.86. The number of rotatable bonds is 4. The minimum Gasteiger partial charge on any atom is -0.367 e. The van der Waals surface area contributed by atoms with Crippen LogP contribution in [0.15, 0.2) is 30.6 Å². The summed E-state index contributed by atoms with van der Waals surface area (Å²) in [4.78, 5) is 20.3. The zero-order chi connectivity index (χ0) is 15.4. The Hall–Kier alpha value is -1.85. The highest BCUT2D eigenvalue weighted by molar-refractivity contribution is 6.44. The summed E-state index contributed by atoms with van der Waals surface area (Å²) in [5.41, 5.74) is 0.626. The van der Waals surface area contributed by atoms with Crippen LogP contribution in [0.1, 0.15) is 24.3 Å². The predicted molar refractivity (Wildman–Crippen MR) is 85.2 cm³/mol. The Morgan fingerprint density at radius 3 is 2.57 bits per heavy atom. The van der Waals surface area contributed by atoms with E-state index < -0.39 is 5.91 Å². The maximum absolute atomic E-state index is 12.1. The minimum atomic E-state index is -0.400. The van der Waals surface area contributed by atoms with E-state index >= 15 is 0 Å². The van der Waals surface area contributed by atoms with Crippen LogP contribution >= 0.6 is 23.2 Å². The molecular formula is C14H14Cl2N4O. The van der Waals surface area contributed by atoms with Gasteiger partial charge in [0.05, 0.1) is 28.1 Å². The van der Waals surface area contributed by atoms with Crippen molar-refractivity contribution in [1.29, 1.82) is 0 Å². The van der Waals surface area contributed by atoms with Gasteiger partial charge < -0.3 is 10.6 Å². The molecule has 2 rings (SSSR count). The van der Waals surface area contributed by atoms with Crippen LogP contribution in [0.4, 0.5) is 11.5 Å². The molecule has 0 saturated heterocycles. The van der Waals surface area contributed by atoms with Crippen LogP contribution < -0.4 is 10.6 Å². The largest absolute Gasteiger partial charge is 0.367 e. The van der Waals surface area contributed by atoms with Crippen LogP contribution in [0.2, 0.25) is 10.0 Å². The van der Waals surface area contributed by atoms with Crippen molar-refractivity contribution in [3.8, 4) is 0 Å². The number of carbonyl (C=O) groups excluding carboxylic acids is 1. The highest BCUT2D eigenvalue weighted by Gasteiger charge is 2.12. The van der Waals surface area contributed by atoms with Crippen molar-refractivity contribution >= 4 is 40.6 Å². The molecule has 0 radical (unpaired) electrons. The lowest BCUT2D eigenvalue weighted by Crippen LogP contribution is -2.16. The number of nitrogens with one attached hydrogen (secondary N) is 2. The van der Waals surface area contributed by atoms with Gasteiger partial charge in [0.25, 0.3) is 5.91 Å². The maximum atomic E-state index is 12.1. The first-order valence-corrected chi connectivity index (χ1v) is 7.07. The Morgan fingerprint density at radius 1 is 1.19 bits per heavy atom. The standard InChI is InChI=1S/C14H14Cl2N4O/c1-8(2)19-12-7-17-11(6-18-12)14(21)20-10-5-3-4-9(15)13(10)16/h3-8H,1-2H3,(H,18,19)(H,20,21). The van der Waals surface area contributed by atoms with E-state index in [0.29, 0.717) is 21.6 Å². The molecule has 5 nitrogen and oxygen atoms in total. The number of benzene rings is 1. The van der Waals surface area contributed by atoms with Crippen molar-refractivity contribution in [2.24, 2.45) is 0 Å². The molecule has 0 aliphatic carbocycles. The van der Waals surface area contributed by atoms with Crippen LogP contribution in [0.5, 0.6) is 0 Å². The van der Waals surface area contributed by atoms with Gasteiger partial charge in [-0.05, 0) is 26.0 Å². The van der Waals surface area contributed by atoms with Gasteiger partial charge in [-0.2, -0.15) is 0 Å². The van der Waals surface area contributed by atoms with Gasteiger partial charge in [0, 0.05) is 6.04 Å². The van der Waals surface area contributed by atoms with E-state index in [0.717, 1.165) is 0 Å². The fourth-order valence-corrected chi connectivity index (χ4v) is 1.95. The molecule has 1 amide bonds. The summed E-state index contributed by atoms with van der Waals surface area (Å²) in [5.74, 6) is 0.213. The third-order valence-electron chi connectivity index (χ3n) is 2.52. The monoisotopic (exact) mass is 324 g/mol. The second-order valence-electron chi connectivity index (χ2n) is 4.64. The summed E-state index contributed by atoms with van der Waals surface area (Å²) in [6.07, 6.45) is 2.91. The summed E-state index contributed by atoms with van der Waals surface area (Å²) in [6, 6.07) is 5.25. The van der Waals surface area contributed by atoms with Gasteiger partial charge in [-0.3, -0.25) is 4.79 Å². The molecule has 0 unspecified atom stereocenters. The molecule has 2 aromatic rings. The smallest absolute Gasteiger partial charge is 0.275 e. The van der Waals surface area contributed by atoms with E-state index in [-0.39, 0.29) is 11.7 Å². The molecule has 0 saturated carbocycles. The van der Waals surface area contributed by atoms with Crippen LogP contribution in [0.25, 0.3) is 0 Å². The average Bonchev–Trinajstić information content (AvgIpc) is 2.44. The number of amides is 1. The van der Waals surface area contributed by atoms with E-state index in [9.17, 15) is 4.79 Å². The SMILES string of the molecule is CC(C)Nc1cnc(C(=O)Nc2cccc(Cl)c2Cl)cn1. The molecule has 2 N–H and O–H groups in total. The van der Waals surface area contributed by atoms with Crippen molar-refractivity contribution in [2.75, 3.05) is 10.6 Å². The second-order valence-corrected chi connectivity index (χ2v) is 5.43. The van der Waals surface area contributed by atoms with Crippen molar-refractivity contribution in [3.63, 3.8) is 0 Å².